The molecule has 1 aliphatic heterocycles. The largest absolute Gasteiger partial charge is 0.457 e. The Morgan fingerprint density at radius 3 is 2.19 bits per heavy atom. The summed E-state index contributed by atoms with van der Waals surface area (Å²) in [7, 11) is 3.56. The quantitative estimate of drug-likeness (QED) is 0.355. The van der Waals surface area contributed by atoms with Crippen molar-refractivity contribution >= 4 is 23.1 Å². The zero-order valence-corrected chi connectivity index (χ0v) is 17.0. The molecule has 1 aliphatic rings. The summed E-state index contributed by atoms with van der Waals surface area (Å²) in [6.45, 7) is -0.571. The number of Topliss-reactive ketones (excluding diaryl/α,β-unsaturated/α-hetero) is 1. The number of rotatable bonds is 5. The maximum Gasteiger partial charge on any atom is 0.375 e. The second-order valence-electron chi connectivity index (χ2n) is 6.95. The van der Waals surface area contributed by atoms with Gasteiger partial charge in [-0.25, -0.2) is 4.79 Å². The summed E-state index contributed by atoms with van der Waals surface area (Å²) in [5, 5.41) is 9.67. The summed E-state index contributed by atoms with van der Waals surface area (Å²) in [5.41, 5.74) is 3.03. The lowest BCUT2D eigenvalue weighted by Crippen LogP contribution is -2.27. The minimum atomic E-state index is -0.768. The Balaban J connectivity index is 1.53. The molecular formula is C24H19N3O4. The molecule has 0 saturated carbocycles. The lowest BCUT2D eigenvalue weighted by Gasteiger charge is -2.19. The molecule has 0 N–H and O–H groups in total. The predicted molar refractivity (Wildman–Crippen MR) is 115 cm³/mol. The van der Waals surface area contributed by atoms with Crippen LogP contribution < -0.4 is 9.80 Å². The second kappa shape index (κ2) is 8.20. The molecule has 7 nitrogen and oxygen atoms in total. The Labute approximate surface area is 179 Å². The molecule has 2 heterocycles. The lowest BCUT2D eigenvalue weighted by molar-refractivity contribution is -0.118. The topological polar surface area (TPSA) is 86.8 Å². The van der Waals surface area contributed by atoms with Crippen molar-refractivity contribution in [2.75, 3.05) is 30.5 Å². The van der Waals surface area contributed by atoms with Gasteiger partial charge in [-0.05, 0) is 23.8 Å². The van der Waals surface area contributed by atoms with Gasteiger partial charge in [0.05, 0.1) is 17.6 Å². The maximum absolute atomic E-state index is 12.8. The van der Waals surface area contributed by atoms with Crippen LogP contribution in [0.2, 0.25) is 0 Å². The number of ether oxygens (including phenoxy) is 1. The van der Waals surface area contributed by atoms with Crippen LogP contribution in [0.15, 0.2) is 82.7 Å². The first-order valence-corrected chi connectivity index (χ1v) is 9.57. The van der Waals surface area contributed by atoms with E-state index in [1.807, 2.05) is 60.7 Å². The number of hydrogen-bond donors (Lipinski definition) is 0. The average Bonchev–Trinajstić information content (AvgIpc) is 3.39. The highest BCUT2D eigenvalue weighted by Crippen LogP contribution is 2.40. The first-order chi connectivity index (χ1) is 15.0. The smallest absolute Gasteiger partial charge is 0.375 e. The summed E-state index contributed by atoms with van der Waals surface area (Å²) in [6, 6.07) is 20.4. The van der Waals surface area contributed by atoms with Crippen molar-refractivity contribution in [2.45, 2.75) is 0 Å². The van der Waals surface area contributed by atoms with E-state index in [-0.39, 0.29) is 11.3 Å². The standard InChI is InChI=1S/C24H19N3O4/c1-26-19-10-6-7-11-20(19)27(2)23(26)18(14-25)21(28)15-31-24(29)22-17(12-13-30-22)16-8-4-3-5-9-16/h3-13H,15H2,1-2H3. The number of para-hydroxylation sites is 2. The molecule has 154 valence electrons. The molecule has 0 spiro atoms. The molecule has 1 aromatic heterocycles. The molecule has 4 rings (SSSR count). The average molecular weight is 413 g/mol. The minimum absolute atomic E-state index is 0.00710. The van der Waals surface area contributed by atoms with E-state index in [0.29, 0.717) is 11.4 Å². The van der Waals surface area contributed by atoms with Gasteiger partial charge < -0.3 is 19.0 Å². The van der Waals surface area contributed by atoms with E-state index < -0.39 is 18.4 Å². The van der Waals surface area contributed by atoms with Crippen molar-refractivity contribution in [1.82, 2.24) is 0 Å². The molecule has 31 heavy (non-hydrogen) atoms. The summed E-state index contributed by atoms with van der Waals surface area (Å²) < 4.78 is 10.5. The van der Waals surface area contributed by atoms with E-state index in [2.05, 4.69) is 0 Å². The van der Waals surface area contributed by atoms with E-state index >= 15 is 0 Å². The number of furan rings is 1. The number of esters is 1. The van der Waals surface area contributed by atoms with Crippen LogP contribution in [-0.4, -0.2) is 32.5 Å². The Hall–Kier alpha value is -4.31. The molecule has 0 radical (unpaired) electrons. The number of fused-ring (bicyclic) bond motifs is 1. The van der Waals surface area contributed by atoms with Gasteiger partial charge in [0.1, 0.15) is 17.5 Å². The van der Waals surface area contributed by atoms with Crippen LogP contribution in [0, 0.1) is 11.3 Å². The Morgan fingerprint density at radius 2 is 1.58 bits per heavy atom. The predicted octanol–water partition coefficient (Wildman–Crippen LogP) is 3.99. The highest BCUT2D eigenvalue weighted by Gasteiger charge is 2.31. The highest BCUT2D eigenvalue weighted by molar-refractivity contribution is 6.04. The third-order valence-corrected chi connectivity index (χ3v) is 5.12. The fourth-order valence-electron chi connectivity index (χ4n) is 3.64. The van der Waals surface area contributed by atoms with Crippen LogP contribution in [0.1, 0.15) is 10.6 Å². The SMILES string of the molecule is CN1C(=C(C#N)C(=O)COC(=O)c2occc2-c2ccccc2)N(C)c2ccccc21. The molecule has 0 saturated heterocycles. The zero-order chi connectivity index (χ0) is 22.0. The first-order valence-electron chi connectivity index (χ1n) is 9.57. The second-order valence-corrected chi connectivity index (χ2v) is 6.95. The monoisotopic (exact) mass is 413 g/mol. The van der Waals surface area contributed by atoms with Crippen LogP contribution >= 0.6 is 0 Å². The molecule has 0 atom stereocenters. The van der Waals surface area contributed by atoms with Crippen molar-refractivity contribution in [3.05, 3.63) is 84.1 Å². The summed E-state index contributed by atoms with van der Waals surface area (Å²) in [5.74, 6) is -0.915. The van der Waals surface area contributed by atoms with Crippen LogP contribution in [0.25, 0.3) is 11.1 Å². The third kappa shape index (κ3) is 3.55. The number of benzene rings is 2. The van der Waals surface area contributed by atoms with Crippen LogP contribution in [0.5, 0.6) is 0 Å². The molecule has 0 fully saturated rings. The van der Waals surface area contributed by atoms with Gasteiger partial charge in [-0.2, -0.15) is 5.26 Å². The highest BCUT2D eigenvalue weighted by atomic mass is 16.5. The molecule has 0 amide bonds. The fraction of sp³-hybridized carbons (Fsp3) is 0.125. The number of anilines is 2. The lowest BCUT2D eigenvalue weighted by atomic mass is 10.1. The Morgan fingerprint density at radius 1 is 0.968 bits per heavy atom. The molecule has 0 bridgehead atoms. The van der Waals surface area contributed by atoms with Crippen molar-refractivity contribution in [2.24, 2.45) is 0 Å². The zero-order valence-electron chi connectivity index (χ0n) is 17.0. The molecule has 3 aromatic rings. The number of ketones is 1. The molecule has 7 heteroatoms. The van der Waals surface area contributed by atoms with E-state index in [0.717, 1.165) is 16.9 Å². The summed E-state index contributed by atoms with van der Waals surface area (Å²) in [4.78, 5) is 28.9. The van der Waals surface area contributed by atoms with E-state index in [9.17, 15) is 14.9 Å². The van der Waals surface area contributed by atoms with Gasteiger partial charge >= 0.3 is 5.97 Å². The van der Waals surface area contributed by atoms with Gasteiger partial charge in [-0.15, -0.1) is 0 Å². The number of nitrogens with zero attached hydrogens (tertiary/aromatic N) is 3. The van der Waals surface area contributed by atoms with Crippen molar-refractivity contribution in [3.8, 4) is 17.2 Å². The number of carbonyl (C=O) groups is 2. The van der Waals surface area contributed by atoms with Gasteiger partial charge in [-0.3, -0.25) is 4.79 Å². The maximum atomic E-state index is 12.8. The molecule has 2 aromatic carbocycles. The van der Waals surface area contributed by atoms with Crippen LogP contribution in [0.3, 0.4) is 0 Å². The minimum Gasteiger partial charge on any atom is -0.457 e. The van der Waals surface area contributed by atoms with Crippen LogP contribution in [0.4, 0.5) is 11.4 Å². The van der Waals surface area contributed by atoms with Crippen molar-refractivity contribution < 1.29 is 18.7 Å². The van der Waals surface area contributed by atoms with Gasteiger partial charge in [0, 0.05) is 19.7 Å². The van der Waals surface area contributed by atoms with Gasteiger partial charge in [0.15, 0.2) is 6.61 Å². The van der Waals surface area contributed by atoms with E-state index in [4.69, 9.17) is 9.15 Å². The van der Waals surface area contributed by atoms with E-state index in [1.165, 1.54) is 6.26 Å². The number of carbonyl (C=O) groups excluding carboxylic acids is 2. The van der Waals surface area contributed by atoms with E-state index in [1.54, 1.807) is 30.0 Å². The summed E-state index contributed by atoms with van der Waals surface area (Å²) in [6.07, 6.45) is 1.39. The Kier molecular flexibility index (Phi) is 5.29. The van der Waals surface area contributed by atoms with Crippen LogP contribution in [-0.2, 0) is 9.53 Å². The fourth-order valence-corrected chi connectivity index (χ4v) is 3.64. The number of nitriles is 1. The van der Waals surface area contributed by atoms with Crippen molar-refractivity contribution in [3.63, 3.8) is 0 Å². The Bertz CT molecular complexity index is 1190. The van der Waals surface area contributed by atoms with Crippen molar-refractivity contribution in [1.29, 1.82) is 5.26 Å². The molecular weight excluding hydrogens is 394 g/mol. The molecule has 0 aliphatic carbocycles. The normalized spacial score (nSPS) is 12.4. The van der Waals surface area contributed by atoms with Gasteiger partial charge in [-0.1, -0.05) is 42.5 Å². The molecule has 0 unspecified atom stereocenters. The number of hydrogen-bond acceptors (Lipinski definition) is 7. The first kappa shape index (κ1) is 20.0. The summed E-state index contributed by atoms with van der Waals surface area (Å²) >= 11 is 0. The van der Waals surface area contributed by atoms with Gasteiger partial charge in [0.25, 0.3) is 0 Å². The third-order valence-electron chi connectivity index (χ3n) is 5.12. The van der Waals surface area contributed by atoms with Gasteiger partial charge in [0.2, 0.25) is 11.5 Å².